The molecule has 104 valence electrons. The molecular weight excluding hydrogens is 250 g/mol. The van der Waals surface area contributed by atoms with E-state index in [-0.39, 0.29) is 24.3 Å². The van der Waals surface area contributed by atoms with E-state index in [0.29, 0.717) is 37.4 Å². The molecule has 7 nitrogen and oxygen atoms in total. The van der Waals surface area contributed by atoms with Crippen LogP contribution < -0.4 is 5.32 Å². The van der Waals surface area contributed by atoms with Gasteiger partial charge < -0.3 is 14.9 Å². The number of carbonyl (C=O) groups excluding carboxylic acids is 1. The molecule has 1 aromatic rings. The molecule has 2 rings (SSSR count). The van der Waals surface area contributed by atoms with E-state index in [9.17, 15) is 9.59 Å². The van der Waals surface area contributed by atoms with E-state index in [1.807, 2.05) is 0 Å². The van der Waals surface area contributed by atoms with Crippen LogP contribution in [0.25, 0.3) is 0 Å². The van der Waals surface area contributed by atoms with E-state index in [1.54, 1.807) is 6.92 Å². The lowest BCUT2D eigenvalue weighted by atomic mass is 9.81. The first-order valence-electron chi connectivity index (χ1n) is 6.36. The summed E-state index contributed by atoms with van der Waals surface area (Å²) in [6, 6.07) is 0. The molecular formula is C12H17N3O4. The van der Waals surface area contributed by atoms with Crippen molar-refractivity contribution in [3.8, 4) is 0 Å². The van der Waals surface area contributed by atoms with E-state index >= 15 is 0 Å². The molecule has 0 bridgehead atoms. The normalized spacial score (nSPS) is 23.0. The fraction of sp³-hybridized carbons (Fsp3) is 0.667. The fourth-order valence-electron chi connectivity index (χ4n) is 2.33. The van der Waals surface area contributed by atoms with Crippen LogP contribution in [0.5, 0.6) is 0 Å². The summed E-state index contributed by atoms with van der Waals surface area (Å²) in [7, 11) is 0. The van der Waals surface area contributed by atoms with Crippen molar-refractivity contribution >= 4 is 11.9 Å². The number of aryl methyl sites for hydroxylation is 1. The second-order valence-electron chi connectivity index (χ2n) is 4.83. The van der Waals surface area contributed by atoms with Gasteiger partial charge in [-0.3, -0.25) is 9.59 Å². The van der Waals surface area contributed by atoms with Gasteiger partial charge in [-0.25, -0.2) is 0 Å². The molecule has 0 atom stereocenters. The summed E-state index contributed by atoms with van der Waals surface area (Å²) in [6.07, 6.45) is 2.37. The highest BCUT2D eigenvalue weighted by molar-refractivity contribution is 5.79. The SMILES string of the molecule is Cc1nc(CNC(=O)C2CCC(C(=O)O)CC2)no1. The summed E-state index contributed by atoms with van der Waals surface area (Å²) in [5, 5.41) is 15.3. The molecule has 1 saturated carbocycles. The van der Waals surface area contributed by atoms with E-state index in [2.05, 4.69) is 15.5 Å². The Hall–Kier alpha value is -1.92. The van der Waals surface area contributed by atoms with Crippen LogP contribution in [0.15, 0.2) is 4.52 Å². The molecule has 1 aliphatic rings. The quantitative estimate of drug-likeness (QED) is 0.839. The Kier molecular flexibility index (Phi) is 4.13. The molecule has 0 radical (unpaired) electrons. The average molecular weight is 267 g/mol. The van der Waals surface area contributed by atoms with Gasteiger partial charge in [0.25, 0.3) is 0 Å². The fourth-order valence-corrected chi connectivity index (χ4v) is 2.33. The summed E-state index contributed by atoms with van der Waals surface area (Å²) in [5.41, 5.74) is 0. The zero-order valence-corrected chi connectivity index (χ0v) is 10.8. The van der Waals surface area contributed by atoms with Crippen molar-refractivity contribution in [3.05, 3.63) is 11.7 Å². The van der Waals surface area contributed by atoms with Crippen molar-refractivity contribution in [2.75, 3.05) is 0 Å². The number of carboxylic acid groups (broad SMARTS) is 1. The Morgan fingerprint density at radius 1 is 1.32 bits per heavy atom. The predicted octanol–water partition coefficient (Wildman–Crippen LogP) is 0.885. The van der Waals surface area contributed by atoms with Gasteiger partial charge in [0.2, 0.25) is 11.8 Å². The Balaban J connectivity index is 1.77. The van der Waals surface area contributed by atoms with Gasteiger partial charge in [0, 0.05) is 12.8 Å². The zero-order valence-electron chi connectivity index (χ0n) is 10.8. The highest BCUT2D eigenvalue weighted by Gasteiger charge is 2.29. The summed E-state index contributed by atoms with van der Waals surface area (Å²) in [5.74, 6) is -0.323. The van der Waals surface area contributed by atoms with Gasteiger partial charge in [0.15, 0.2) is 5.82 Å². The number of carboxylic acids is 1. The van der Waals surface area contributed by atoms with Crippen molar-refractivity contribution in [2.45, 2.75) is 39.2 Å². The second-order valence-corrected chi connectivity index (χ2v) is 4.83. The number of aromatic nitrogens is 2. The first-order valence-corrected chi connectivity index (χ1v) is 6.36. The van der Waals surface area contributed by atoms with Crippen LogP contribution in [0.1, 0.15) is 37.4 Å². The minimum absolute atomic E-state index is 0.0636. The standard InChI is InChI=1S/C12H17N3O4/c1-7-14-10(15-19-7)6-13-11(16)8-2-4-9(5-3-8)12(17)18/h8-9H,2-6H2,1H3,(H,13,16)(H,17,18). The molecule has 19 heavy (non-hydrogen) atoms. The molecule has 2 N–H and O–H groups in total. The lowest BCUT2D eigenvalue weighted by molar-refractivity contribution is -0.144. The monoisotopic (exact) mass is 267 g/mol. The maximum Gasteiger partial charge on any atom is 0.306 e. The molecule has 0 saturated heterocycles. The Morgan fingerprint density at radius 3 is 2.47 bits per heavy atom. The lowest BCUT2D eigenvalue weighted by Gasteiger charge is -2.24. The number of amides is 1. The van der Waals surface area contributed by atoms with E-state index in [1.165, 1.54) is 0 Å². The third kappa shape index (κ3) is 3.52. The van der Waals surface area contributed by atoms with E-state index in [4.69, 9.17) is 9.63 Å². The number of nitrogens with one attached hydrogen (secondary N) is 1. The third-order valence-corrected chi connectivity index (χ3v) is 3.44. The van der Waals surface area contributed by atoms with Gasteiger partial charge in [-0.05, 0) is 25.7 Å². The van der Waals surface area contributed by atoms with Crippen LogP contribution in [0.4, 0.5) is 0 Å². The van der Waals surface area contributed by atoms with Crippen molar-refractivity contribution in [1.82, 2.24) is 15.5 Å². The molecule has 1 aliphatic carbocycles. The maximum absolute atomic E-state index is 11.9. The molecule has 1 amide bonds. The number of nitrogens with zero attached hydrogens (tertiary/aromatic N) is 2. The smallest absolute Gasteiger partial charge is 0.306 e. The Morgan fingerprint density at radius 2 is 1.95 bits per heavy atom. The minimum Gasteiger partial charge on any atom is -0.481 e. The largest absolute Gasteiger partial charge is 0.481 e. The van der Waals surface area contributed by atoms with Gasteiger partial charge in [-0.1, -0.05) is 5.16 Å². The highest BCUT2D eigenvalue weighted by atomic mass is 16.5. The van der Waals surface area contributed by atoms with Gasteiger partial charge in [-0.2, -0.15) is 4.98 Å². The third-order valence-electron chi connectivity index (χ3n) is 3.44. The molecule has 1 heterocycles. The summed E-state index contributed by atoms with van der Waals surface area (Å²) >= 11 is 0. The molecule has 0 unspecified atom stereocenters. The number of hydrogen-bond donors (Lipinski definition) is 2. The summed E-state index contributed by atoms with van der Waals surface area (Å²) in [4.78, 5) is 26.7. The van der Waals surface area contributed by atoms with Crippen LogP contribution in [0.2, 0.25) is 0 Å². The zero-order chi connectivity index (χ0) is 13.8. The van der Waals surface area contributed by atoms with Crippen molar-refractivity contribution in [1.29, 1.82) is 0 Å². The summed E-state index contributed by atoms with van der Waals surface area (Å²) in [6.45, 7) is 1.93. The van der Waals surface area contributed by atoms with Gasteiger partial charge >= 0.3 is 5.97 Å². The number of hydrogen-bond acceptors (Lipinski definition) is 5. The van der Waals surface area contributed by atoms with Crippen molar-refractivity contribution in [3.63, 3.8) is 0 Å². The predicted molar refractivity (Wildman–Crippen MR) is 64.0 cm³/mol. The highest BCUT2D eigenvalue weighted by Crippen LogP contribution is 2.28. The lowest BCUT2D eigenvalue weighted by Crippen LogP contribution is -2.34. The first-order chi connectivity index (χ1) is 9.06. The average Bonchev–Trinajstić information content (AvgIpc) is 2.82. The van der Waals surface area contributed by atoms with Crippen LogP contribution in [-0.4, -0.2) is 27.1 Å². The van der Waals surface area contributed by atoms with Crippen LogP contribution >= 0.6 is 0 Å². The van der Waals surface area contributed by atoms with Crippen molar-refractivity contribution in [2.24, 2.45) is 11.8 Å². The number of aliphatic carboxylic acids is 1. The second kappa shape index (κ2) is 5.81. The van der Waals surface area contributed by atoms with E-state index < -0.39 is 5.97 Å². The van der Waals surface area contributed by atoms with Gasteiger partial charge in [-0.15, -0.1) is 0 Å². The van der Waals surface area contributed by atoms with Crippen molar-refractivity contribution < 1.29 is 19.2 Å². The van der Waals surface area contributed by atoms with Crippen LogP contribution in [-0.2, 0) is 16.1 Å². The summed E-state index contributed by atoms with van der Waals surface area (Å²) < 4.78 is 4.81. The van der Waals surface area contributed by atoms with Crippen LogP contribution in [0.3, 0.4) is 0 Å². The molecule has 1 fully saturated rings. The first kappa shape index (κ1) is 13.5. The van der Waals surface area contributed by atoms with E-state index in [0.717, 1.165) is 0 Å². The van der Waals surface area contributed by atoms with Crippen LogP contribution in [0, 0.1) is 18.8 Å². The molecule has 0 spiro atoms. The van der Waals surface area contributed by atoms with Gasteiger partial charge in [0.1, 0.15) is 0 Å². The molecule has 7 heteroatoms. The molecule has 0 aromatic carbocycles. The minimum atomic E-state index is -0.763. The Bertz CT molecular complexity index is 463. The molecule has 0 aliphatic heterocycles. The molecule has 1 aromatic heterocycles. The number of rotatable bonds is 4. The maximum atomic E-state index is 11.9. The topological polar surface area (TPSA) is 105 Å². The Labute approximate surface area is 110 Å². The van der Waals surface area contributed by atoms with Gasteiger partial charge in [0.05, 0.1) is 12.5 Å². The number of carbonyl (C=O) groups is 2.